The van der Waals surface area contributed by atoms with Crippen molar-refractivity contribution in [2.24, 2.45) is 0 Å². The Hall–Kier alpha value is -2.40. The van der Waals surface area contributed by atoms with Crippen molar-refractivity contribution in [1.82, 2.24) is 14.9 Å². The molecule has 3 aromatic rings. The molecule has 5 heteroatoms. The van der Waals surface area contributed by atoms with Crippen LogP contribution in [-0.4, -0.2) is 22.0 Å². The Bertz CT molecular complexity index is 704. The average Bonchev–Trinajstić information content (AvgIpc) is 3.19. The molecular weight excluding hydrogens is 282 g/mol. The highest BCUT2D eigenvalue weighted by atomic mass is 32.1. The Labute approximate surface area is 127 Å². The molecule has 0 aliphatic heterocycles. The van der Waals surface area contributed by atoms with Crippen LogP contribution in [0.3, 0.4) is 0 Å². The van der Waals surface area contributed by atoms with E-state index in [1.807, 2.05) is 47.3 Å². The summed E-state index contributed by atoms with van der Waals surface area (Å²) in [5, 5.41) is 5.49. The van der Waals surface area contributed by atoms with Gasteiger partial charge in [-0.3, -0.25) is 4.79 Å². The van der Waals surface area contributed by atoms with Gasteiger partial charge in [0.25, 0.3) is 5.91 Å². The van der Waals surface area contributed by atoms with Crippen molar-refractivity contribution in [2.45, 2.75) is 6.42 Å². The third-order valence-electron chi connectivity index (χ3n) is 3.09. The lowest BCUT2D eigenvalue weighted by Crippen LogP contribution is -2.26. The molecule has 1 aromatic carbocycles. The quantitative estimate of drug-likeness (QED) is 0.787. The lowest BCUT2D eigenvalue weighted by Gasteiger charge is -2.03. The third-order valence-corrected chi connectivity index (χ3v) is 3.95. The smallest absolute Gasteiger partial charge is 0.270 e. The van der Waals surface area contributed by atoms with E-state index in [9.17, 15) is 4.79 Å². The standard InChI is InChI=1S/C16H15N3OS/c20-15(17-9-8-13-6-2-1-3-7-13)14-12-21-16(18-14)19-10-4-5-11-19/h1-7,10-12H,8-9H2,(H,17,20). The third kappa shape index (κ3) is 3.38. The number of benzene rings is 1. The second-order valence-electron chi connectivity index (χ2n) is 4.60. The van der Waals surface area contributed by atoms with Crippen LogP contribution >= 0.6 is 11.3 Å². The number of hydrogen-bond acceptors (Lipinski definition) is 3. The highest BCUT2D eigenvalue weighted by Crippen LogP contribution is 2.14. The molecule has 0 fully saturated rings. The largest absolute Gasteiger partial charge is 0.350 e. The van der Waals surface area contributed by atoms with E-state index in [1.165, 1.54) is 16.9 Å². The fourth-order valence-electron chi connectivity index (χ4n) is 2.00. The number of hydrogen-bond donors (Lipinski definition) is 1. The summed E-state index contributed by atoms with van der Waals surface area (Å²) in [5.74, 6) is -0.124. The van der Waals surface area contributed by atoms with E-state index in [4.69, 9.17) is 0 Å². The topological polar surface area (TPSA) is 46.9 Å². The molecule has 0 saturated heterocycles. The zero-order valence-electron chi connectivity index (χ0n) is 11.4. The van der Waals surface area contributed by atoms with Gasteiger partial charge in [-0.15, -0.1) is 11.3 Å². The average molecular weight is 297 g/mol. The van der Waals surface area contributed by atoms with Gasteiger partial charge < -0.3 is 9.88 Å². The van der Waals surface area contributed by atoms with Crippen LogP contribution in [0, 0.1) is 0 Å². The molecule has 3 rings (SSSR count). The Morgan fingerprint density at radius 3 is 2.67 bits per heavy atom. The van der Waals surface area contributed by atoms with Crippen LogP contribution in [-0.2, 0) is 6.42 Å². The van der Waals surface area contributed by atoms with Crippen LogP contribution in [0.15, 0.2) is 60.2 Å². The molecule has 106 valence electrons. The molecule has 1 amide bonds. The number of carbonyl (C=O) groups is 1. The Balaban J connectivity index is 1.56. The maximum absolute atomic E-state index is 12.0. The minimum absolute atomic E-state index is 0.124. The second-order valence-corrected chi connectivity index (χ2v) is 5.43. The number of carbonyl (C=O) groups excluding carboxylic acids is 1. The minimum Gasteiger partial charge on any atom is -0.350 e. The highest BCUT2D eigenvalue weighted by Gasteiger charge is 2.10. The first-order chi connectivity index (χ1) is 10.3. The number of amides is 1. The number of nitrogens with zero attached hydrogens (tertiary/aromatic N) is 2. The Morgan fingerprint density at radius 2 is 1.90 bits per heavy atom. The summed E-state index contributed by atoms with van der Waals surface area (Å²) < 4.78 is 1.89. The van der Waals surface area contributed by atoms with Gasteiger partial charge >= 0.3 is 0 Å². The van der Waals surface area contributed by atoms with Gasteiger partial charge in [0, 0.05) is 24.3 Å². The van der Waals surface area contributed by atoms with Gasteiger partial charge in [0.05, 0.1) is 0 Å². The van der Waals surface area contributed by atoms with Crippen molar-refractivity contribution < 1.29 is 4.79 Å². The molecule has 2 heterocycles. The molecule has 4 nitrogen and oxygen atoms in total. The van der Waals surface area contributed by atoms with E-state index in [0.717, 1.165) is 11.6 Å². The number of aromatic nitrogens is 2. The lowest BCUT2D eigenvalue weighted by atomic mass is 10.1. The summed E-state index contributed by atoms with van der Waals surface area (Å²) in [6.07, 6.45) is 4.65. The Morgan fingerprint density at radius 1 is 1.14 bits per heavy atom. The van der Waals surface area contributed by atoms with E-state index in [0.29, 0.717) is 12.2 Å². The summed E-state index contributed by atoms with van der Waals surface area (Å²) in [5.41, 5.74) is 1.68. The highest BCUT2D eigenvalue weighted by molar-refractivity contribution is 7.12. The number of thiazole rings is 1. The molecule has 0 saturated carbocycles. The molecule has 0 aliphatic rings. The molecule has 0 atom stereocenters. The van der Waals surface area contributed by atoms with Gasteiger partial charge in [0.15, 0.2) is 5.13 Å². The summed E-state index contributed by atoms with van der Waals surface area (Å²) in [6.45, 7) is 0.610. The minimum atomic E-state index is -0.124. The molecule has 21 heavy (non-hydrogen) atoms. The SMILES string of the molecule is O=C(NCCc1ccccc1)c1csc(-n2cccc2)n1. The maximum atomic E-state index is 12.0. The fraction of sp³-hybridized carbons (Fsp3) is 0.125. The predicted octanol–water partition coefficient (Wildman–Crippen LogP) is 2.91. The van der Waals surface area contributed by atoms with Crippen molar-refractivity contribution in [3.63, 3.8) is 0 Å². The van der Waals surface area contributed by atoms with Crippen molar-refractivity contribution >= 4 is 17.2 Å². The molecule has 0 unspecified atom stereocenters. The van der Waals surface area contributed by atoms with Crippen molar-refractivity contribution in [1.29, 1.82) is 0 Å². The van der Waals surface area contributed by atoms with E-state index in [2.05, 4.69) is 22.4 Å². The number of nitrogens with one attached hydrogen (secondary N) is 1. The summed E-state index contributed by atoms with van der Waals surface area (Å²) in [7, 11) is 0. The van der Waals surface area contributed by atoms with Crippen LogP contribution < -0.4 is 5.32 Å². The molecule has 2 aromatic heterocycles. The first kappa shape index (κ1) is 13.6. The van der Waals surface area contributed by atoms with Crippen LogP contribution in [0.4, 0.5) is 0 Å². The van der Waals surface area contributed by atoms with E-state index in [1.54, 1.807) is 5.38 Å². The van der Waals surface area contributed by atoms with Crippen molar-refractivity contribution in [2.75, 3.05) is 6.54 Å². The van der Waals surface area contributed by atoms with Crippen molar-refractivity contribution in [3.05, 3.63) is 71.5 Å². The van der Waals surface area contributed by atoms with Gasteiger partial charge in [-0.1, -0.05) is 30.3 Å². The zero-order chi connectivity index (χ0) is 14.5. The fourth-order valence-corrected chi connectivity index (χ4v) is 2.78. The first-order valence-electron chi connectivity index (χ1n) is 6.74. The molecule has 0 spiro atoms. The monoisotopic (exact) mass is 297 g/mol. The van der Waals surface area contributed by atoms with Gasteiger partial charge in [-0.25, -0.2) is 4.98 Å². The van der Waals surface area contributed by atoms with Crippen LogP contribution in [0.1, 0.15) is 16.1 Å². The van der Waals surface area contributed by atoms with E-state index < -0.39 is 0 Å². The van der Waals surface area contributed by atoms with Gasteiger partial charge in [-0.2, -0.15) is 0 Å². The first-order valence-corrected chi connectivity index (χ1v) is 7.62. The molecule has 0 aliphatic carbocycles. The normalized spacial score (nSPS) is 10.5. The molecule has 0 radical (unpaired) electrons. The van der Waals surface area contributed by atoms with Gasteiger partial charge in [0.1, 0.15) is 5.69 Å². The summed E-state index contributed by atoms with van der Waals surface area (Å²) >= 11 is 1.46. The number of rotatable bonds is 5. The molecular formula is C16H15N3OS. The van der Waals surface area contributed by atoms with E-state index in [-0.39, 0.29) is 5.91 Å². The lowest BCUT2D eigenvalue weighted by molar-refractivity contribution is 0.0950. The Kier molecular flexibility index (Phi) is 4.12. The maximum Gasteiger partial charge on any atom is 0.270 e. The zero-order valence-corrected chi connectivity index (χ0v) is 12.2. The summed E-state index contributed by atoms with van der Waals surface area (Å²) in [6, 6.07) is 14.0. The van der Waals surface area contributed by atoms with Crippen LogP contribution in [0.2, 0.25) is 0 Å². The van der Waals surface area contributed by atoms with Crippen LogP contribution in [0.25, 0.3) is 5.13 Å². The van der Waals surface area contributed by atoms with E-state index >= 15 is 0 Å². The summed E-state index contributed by atoms with van der Waals surface area (Å²) in [4.78, 5) is 16.4. The molecule has 1 N–H and O–H groups in total. The second kappa shape index (κ2) is 6.37. The van der Waals surface area contributed by atoms with Crippen molar-refractivity contribution in [3.8, 4) is 5.13 Å². The van der Waals surface area contributed by atoms with Gasteiger partial charge in [-0.05, 0) is 24.1 Å². The molecule has 0 bridgehead atoms. The predicted molar refractivity (Wildman–Crippen MR) is 83.9 cm³/mol. The van der Waals surface area contributed by atoms with Gasteiger partial charge in [0.2, 0.25) is 0 Å². The van der Waals surface area contributed by atoms with Crippen LogP contribution in [0.5, 0.6) is 0 Å².